The SMILES string of the molecule is O=C(CS(=O)(=O)c1cccc(F)c1)N1CCOCC1. The number of carbonyl (C=O) groups is 1. The van der Waals surface area contributed by atoms with E-state index in [0.717, 1.165) is 12.1 Å². The summed E-state index contributed by atoms with van der Waals surface area (Å²) in [6.07, 6.45) is 0. The van der Waals surface area contributed by atoms with E-state index in [1.165, 1.54) is 17.0 Å². The van der Waals surface area contributed by atoms with E-state index in [2.05, 4.69) is 0 Å². The van der Waals surface area contributed by atoms with Crippen LogP contribution in [-0.4, -0.2) is 51.3 Å². The molecule has 1 fully saturated rings. The van der Waals surface area contributed by atoms with Crippen molar-refractivity contribution in [1.82, 2.24) is 4.90 Å². The second-order valence-electron chi connectivity index (χ2n) is 4.21. The average Bonchev–Trinajstić information content (AvgIpc) is 2.39. The molecule has 0 unspecified atom stereocenters. The van der Waals surface area contributed by atoms with Crippen molar-refractivity contribution < 1.29 is 22.3 Å². The maximum absolute atomic E-state index is 13.0. The fraction of sp³-hybridized carbons (Fsp3) is 0.417. The largest absolute Gasteiger partial charge is 0.378 e. The van der Waals surface area contributed by atoms with E-state index in [1.54, 1.807) is 0 Å². The quantitative estimate of drug-likeness (QED) is 0.810. The van der Waals surface area contributed by atoms with Crippen LogP contribution >= 0.6 is 0 Å². The highest BCUT2D eigenvalue weighted by Gasteiger charge is 2.24. The summed E-state index contributed by atoms with van der Waals surface area (Å²) in [5.74, 6) is -1.76. The van der Waals surface area contributed by atoms with Gasteiger partial charge >= 0.3 is 0 Å². The lowest BCUT2D eigenvalue weighted by molar-refractivity contribution is -0.132. The third kappa shape index (κ3) is 3.51. The predicted molar refractivity (Wildman–Crippen MR) is 65.9 cm³/mol. The summed E-state index contributed by atoms with van der Waals surface area (Å²) in [5, 5.41) is 0. The average molecular weight is 287 g/mol. The molecule has 1 aliphatic heterocycles. The van der Waals surface area contributed by atoms with Crippen molar-refractivity contribution in [3.63, 3.8) is 0 Å². The van der Waals surface area contributed by atoms with Crippen LogP contribution < -0.4 is 0 Å². The van der Waals surface area contributed by atoms with Gasteiger partial charge in [0.15, 0.2) is 9.84 Å². The van der Waals surface area contributed by atoms with Crippen LogP contribution in [0.2, 0.25) is 0 Å². The van der Waals surface area contributed by atoms with Gasteiger partial charge in [-0.15, -0.1) is 0 Å². The first-order chi connectivity index (χ1) is 8.99. The molecule has 2 rings (SSSR count). The number of benzene rings is 1. The van der Waals surface area contributed by atoms with Crippen LogP contribution in [0.1, 0.15) is 0 Å². The van der Waals surface area contributed by atoms with Gasteiger partial charge < -0.3 is 9.64 Å². The molecular formula is C12H14FNO4S. The van der Waals surface area contributed by atoms with E-state index in [4.69, 9.17) is 4.74 Å². The van der Waals surface area contributed by atoms with Gasteiger partial charge in [0, 0.05) is 13.1 Å². The normalized spacial score (nSPS) is 16.4. The fourth-order valence-corrected chi connectivity index (χ4v) is 3.06. The first-order valence-electron chi connectivity index (χ1n) is 5.83. The lowest BCUT2D eigenvalue weighted by Gasteiger charge is -2.26. The molecule has 5 nitrogen and oxygen atoms in total. The van der Waals surface area contributed by atoms with Crippen molar-refractivity contribution >= 4 is 15.7 Å². The van der Waals surface area contributed by atoms with Crippen LogP contribution in [0.25, 0.3) is 0 Å². The Morgan fingerprint density at radius 1 is 1.32 bits per heavy atom. The fourth-order valence-electron chi connectivity index (χ4n) is 1.81. The summed E-state index contributed by atoms with van der Waals surface area (Å²) >= 11 is 0. The molecule has 1 saturated heterocycles. The van der Waals surface area contributed by atoms with Gasteiger partial charge in [0.25, 0.3) is 0 Å². The minimum Gasteiger partial charge on any atom is -0.378 e. The van der Waals surface area contributed by atoms with Gasteiger partial charge in [0.2, 0.25) is 5.91 Å². The third-order valence-electron chi connectivity index (χ3n) is 2.83. The second-order valence-corrected chi connectivity index (χ2v) is 6.20. The van der Waals surface area contributed by atoms with Gasteiger partial charge in [-0.25, -0.2) is 12.8 Å². The van der Waals surface area contributed by atoms with Crippen LogP contribution in [0.4, 0.5) is 4.39 Å². The maximum atomic E-state index is 13.0. The van der Waals surface area contributed by atoms with Crippen LogP contribution in [-0.2, 0) is 19.4 Å². The van der Waals surface area contributed by atoms with E-state index in [0.29, 0.717) is 26.3 Å². The molecule has 104 valence electrons. The zero-order valence-electron chi connectivity index (χ0n) is 10.2. The second kappa shape index (κ2) is 5.66. The van der Waals surface area contributed by atoms with Gasteiger partial charge in [-0.05, 0) is 18.2 Å². The number of sulfone groups is 1. The van der Waals surface area contributed by atoms with Crippen molar-refractivity contribution in [2.24, 2.45) is 0 Å². The number of rotatable bonds is 3. The Bertz CT molecular complexity index is 567. The number of amides is 1. The zero-order chi connectivity index (χ0) is 13.9. The number of carbonyl (C=O) groups excluding carboxylic acids is 1. The van der Waals surface area contributed by atoms with Crippen molar-refractivity contribution in [3.05, 3.63) is 30.1 Å². The number of morpholine rings is 1. The van der Waals surface area contributed by atoms with E-state index >= 15 is 0 Å². The Hall–Kier alpha value is -1.47. The third-order valence-corrected chi connectivity index (χ3v) is 4.43. The molecule has 7 heteroatoms. The van der Waals surface area contributed by atoms with Crippen LogP contribution in [0, 0.1) is 5.82 Å². The maximum Gasteiger partial charge on any atom is 0.238 e. The van der Waals surface area contributed by atoms with E-state index in [9.17, 15) is 17.6 Å². The Balaban J connectivity index is 2.10. The minimum absolute atomic E-state index is 0.172. The highest BCUT2D eigenvalue weighted by molar-refractivity contribution is 7.92. The topological polar surface area (TPSA) is 63.7 Å². The highest BCUT2D eigenvalue weighted by Crippen LogP contribution is 2.13. The monoisotopic (exact) mass is 287 g/mol. The Kier molecular flexibility index (Phi) is 4.16. The highest BCUT2D eigenvalue weighted by atomic mass is 32.2. The summed E-state index contributed by atoms with van der Waals surface area (Å²) in [5.41, 5.74) is 0. The minimum atomic E-state index is -3.80. The molecule has 0 aliphatic carbocycles. The zero-order valence-corrected chi connectivity index (χ0v) is 11.0. The lowest BCUT2D eigenvalue weighted by Crippen LogP contribution is -2.43. The molecule has 19 heavy (non-hydrogen) atoms. The molecule has 0 radical (unpaired) electrons. The summed E-state index contributed by atoms with van der Waals surface area (Å²) in [7, 11) is -3.80. The van der Waals surface area contributed by atoms with Crippen molar-refractivity contribution in [3.8, 4) is 0 Å². The standard InChI is InChI=1S/C12H14FNO4S/c13-10-2-1-3-11(8-10)19(16,17)9-12(15)14-4-6-18-7-5-14/h1-3,8H,4-7,9H2. The van der Waals surface area contributed by atoms with Gasteiger partial charge in [0.1, 0.15) is 11.6 Å². The molecule has 0 saturated carbocycles. The smallest absolute Gasteiger partial charge is 0.238 e. The molecule has 1 aromatic carbocycles. The van der Waals surface area contributed by atoms with Crippen LogP contribution in [0.15, 0.2) is 29.2 Å². The van der Waals surface area contributed by atoms with Crippen LogP contribution in [0.3, 0.4) is 0 Å². The first kappa shape index (κ1) is 14.0. The van der Waals surface area contributed by atoms with Gasteiger partial charge in [-0.1, -0.05) is 6.07 Å². The molecule has 0 aromatic heterocycles. The summed E-state index contributed by atoms with van der Waals surface area (Å²) in [6.45, 7) is 1.59. The van der Waals surface area contributed by atoms with E-state index in [-0.39, 0.29) is 4.90 Å². The Morgan fingerprint density at radius 3 is 2.63 bits per heavy atom. The predicted octanol–water partition coefficient (Wildman–Crippen LogP) is 0.458. The van der Waals surface area contributed by atoms with Gasteiger partial charge in [0.05, 0.1) is 18.1 Å². The number of ether oxygens (including phenoxy) is 1. The number of nitrogens with zero attached hydrogens (tertiary/aromatic N) is 1. The van der Waals surface area contributed by atoms with E-state index in [1.807, 2.05) is 0 Å². The Labute approximate surface area is 110 Å². The van der Waals surface area contributed by atoms with Gasteiger partial charge in [-0.3, -0.25) is 4.79 Å². The van der Waals surface area contributed by atoms with Crippen molar-refractivity contribution in [1.29, 1.82) is 0 Å². The lowest BCUT2D eigenvalue weighted by atomic mass is 10.4. The molecule has 1 amide bonds. The Morgan fingerprint density at radius 2 is 2.00 bits per heavy atom. The van der Waals surface area contributed by atoms with Crippen molar-refractivity contribution in [2.45, 2.75) is 4.90 Å². The number of hydrogen-bond acceptors (Lipinski definition) is 4. The number of hydrogen-bond donors (Lipinski definition) is 0. The summed E-state index contributed by atoms with van der Waals surface area (Å²) in [4.78, 5) is 13.1. The molecule has 0 spiro atoms. The molecule has 1 aromatic rings. The molecule has 0 atom stereocenters. The summed E-state index contributed by atoms with van der Waals surface area (Å²) < 4.78 is 42.1. The molecule has 0 bridgehead atoms. The van der Waals surface area contributed by atoms with Gasteiger partial charge in [-0.2, -0.15) is 0 Å². The van der Waals surface area contributed by atoms with Crippen molar-refractivity contribution in [2.75, 3.05) is 32.1 Å². The van der Waals surface area contributed by atoms with Crippen LogP contribution in [0.5, 0.6) is 0 Å². The molecule has 0 N–H and O–H groups in total. The first-order valence-corrected chi connectivity index (χ1v) is 7.48. The summed E-state index contributed by atoms with van der Waals surface area (Å²) in [6, 6.07) is 4.66. The molecule has 1 heterocycles. The molecule has 1 aliphatic rings. The number of halogens is 1. The molecular weight excluding hydrogens is 273 g/mol. The van der Waals surface area contributed by atoms with E-state index < -0.39 is 27.3 Å².